The second-order valence-corrected chi connectivity index (χ2v) is 17.2. The maximum atomic E-state index is 13.9. The first-order valence-corrected chi connectivity index (χ1v) is 17.5. The van der Waals surface area contributed by atoms with Gasteiger partial charge in [0.2, 0.25) is 5.78 Å². The van der Waals surface area contributed by atoms with E-state index in [1.165, 1.54) is 5.57 Å². The lowest BCUT2D eigenvalue weighted by molar-refractivity contribution is -0.178. The summed E-state index contributed by atoms with van der Waals surface area (Å²) in [6, 6.07) is 0. The third-order valence-corrected chi connectivity index (χ3v) is 14.0. The van der Waals surface area contributed by atoms with Crippen LogP contribution in [-0.4, -0.2) is 29.1 Å². The summed E-state index contributed by atoms with van der Waals surface area (Å²) < 4.78 is 30.4. The number of phosphoric acid groups is 1. The Morgan fingerprint density at radius 2 is 1.53 bits per heavy atom. The highest BCUT2D eigenvalue weighted by atomic mass is 31.2. The van der Waals surface area contributed by atoms with Gasteiger partial charge < -0.3 is 9.63 Å². The zero-order chi connectivity index (χ0) is 32.0. The van der Waals surface area contributed by atoms with E-state index in [0.717, 1.165) is 43.3 Å². The minimum Gasteiger partial charge on any atom is -0.504 e. The first kappa shape index (κ1) is 32.4. The van der Waals surface area contributed by atoms with Gasteiger partial charge in [-0.05, 0) is 126 Å². The number of fused-ring (bicyclic) bond motifs is 7. The van der Waals surface area contributed by atoms with Crippen molar-refractivity contribution in [2.45, 2.75) is 126 Å². The average molecular weight is 615 g/mol. The predicted molar refractivity (Wildman–Crippen MR) is 167 cm³/mol. The number of rotatable bonds is 6. The number of aliphatic hydroxyl groups excluding tert-OH is 1. The normalized spacial score (nSPS) is 39.3. The molecule has 0 spiro atoms. The number of hydrogen-bond donors (Lipinski definition) is 1. The molecule has 0 heterocycles. The third kappa shape index (κ3) is 4.88. The Bertz CT molecular complexity index is 1400. The number of allylic oxidation sites excluding steroid dienone is 7. The summed E-state index contributed by atoms with van der Waals surface area (Å²) in [7, 11) is -4.09. The van der Waals surface area contributed by atoms with Crippen LogP contribution in [0, 0.1) is 33.0 Å². The van der Waals surface area contributed by atoms with Crippen molar-refractivity contribution in [2.24, 2.45) is 33.0 Å². The Morgan fingerprint density at radius 1 is 0.930 bits per heavy atom. The molecule has 1 N–H and O–H groups in total. The van der Waals surface area contributed by atoms with E-state index < -0.39 is 31.4 Å². The van der Waals surface area contributed by atoms with E-state index in [1.54, 1.807) is 33.8 Å². The predicted octanol–water partition coefficient (Wildman–Crippen LogP) is 9.11. The van der Waals surface area contributed by atoms with Crippen LogP contribution < -0.4 is 0 Å². The Morgan fingerprint density at radius 3 is 2.14 bits per heavy atom. The van der Waals surface area contributed by atoms with Gasteiger partial charge in [0.15, 0.2) is 5.76 Å². The van der Waals surface area contributed by atoms with Crippen LogP contribution in [0.15, 0.2) is 46.3 Å². The van der Waals surface area contributed by atoms with E-state index >= 15 is 0 Å². The standard InChI is InChI=1S/C35H51O7P/c1-21(2)40-43(39,41-22(3)4)42-30(38)32(7)14-13-31(6)15-17-34(9)27-12-11-24-23(5)29(37)26(36)19-25(24)33(27,8)16-18-35(34,10)28(31)20-32/h11-12,19,21-22,28,37H,13-18,20H2,1-10H3/t28-,31-,32-,33+,34-,35+/m1/s1. The van der Waals surface area contributed by atoms with Gasteiger partial charge in [0.05, 0.1) is 17.6 Å². The Labute approximate surface area is 257 Å². The number of carbonyl (C=O) groups excluding carboxylic acids is 2. The number of phosphoric ester groups is 1. The highest BCUT2D eigenvalue weighted by Gasteiger charge is 2.67. The van der Waals surface area contributed by atoms with Gasteiger partial charge >= 0.3 is 13.8 Å². The highest BCUT2D eigenvalue weighted by Crippen LogP contribution is 2.75. The molecule has 8 heteroatoms. The lowest BCUT2D eigenvalue weighted by Gasteiger charge is -2.70. The molecule has 5 rings (SSSR count). The van der Waals surface area contributed by atoms with Gasteiger partial charge in [0.1, 0.15) is 0 Å². The summed E-state index contributed by atoms with van der Waals surface area (Å²) in [6.45, 7) is 20.2. The second kappa shape index (κ2) is 10.3. The Kier molecular flexibility index (Phi) is 7.76. The van der Waals surface area contributed by atoms with Crippen LogP contribution in [-0.2, 0) is 27.7 Å². The molecule has 0 radical (unpaired) electrons. The van der Waals surface area contributed by atoms with E-state index in [-0.39, 0.29) is 39.1 Å². The lowest BCUT2D eigenvalue weighted by Crippen LogP contribution is -2.62. The molecule has 5 aliphatic carbocycles. The molecule has 0 aliphatic heterocycles. The molecule has 0 bridgehead atoms. The fourth-order valence-electron chi connectivity index (χ4n) is 9.44. The molecule has 7 nitrogen and oxygen atoms in total. The van der Waals surface area contributed by atoms with Gasteiger partial charge in [-0.25, -0.2) is 4.57 Å². The van der Waals surface area contributed by atoms with Crippen LogP contribution in [0.3, 0.4) is 0 Å². The molecule has 43 heavy (non-hydrogen) atoms. The van der Waals surface area contributed by atoms with Crippen LogP contribution in [0.2, 0.25) is 0 Å². The van der Waals surface area contributed by atoms with Gasteiger partial charge in [-0.15, -0.1) is 0 Å². The fraction of sp³-hybridized carbons (Fsp3) is 0.714. The van der Waals surface area contributed by atoms with Crippen molar-refractivity contribution in [3.8, 4) is 0 Å². The van der Waals surface area contributed by atoms with Crippen molar-refractivity contribution < 1.29 is 32.8 Å². The molecule has 0 saturated heterocycles. The second-order valence-electron chi connectivity index (χ2n) is 15.7. The smallest absolute Gasteiger partial charge is 0.504 e. The van der Waals surface area contributed by atoms with Crippen molar-refractivity contribution in [2.75, 3.05) is 0 Å². The minimum atomic E-state index is -4.09. The van der Waals surface area contributed by atoms with E-state index in [2.05, 4.69) is 39.8 Å². The molecule has 6 atom stereocenters. The topological polar surface area (TPSA) is 99.1 Å². The largest absolute Gasteiger partial charge is 0.532 e. The molecule has 0 aromatic rings. The number of carbonyl (C=O) groups is 2. The molecule has 0 amide bonds. The van der Waals surface area contributed by atoms with Gasteiger partial charge in [0, 0.05) is 11.0 Å². The van der Waals surface area contributed by atoms with Gasteiger partial charge in [-0.3, -0.25) is 18.6 Å². The first-order chi connectivity index (χ1) is 19.7. The summed E-state index contributed by atoms with van der Waals surface area (Å²) in [5.74, 6) is -0.757. The van der Waals surface area contributed by atoms with Crippen LogP contribution in [0.25, 0.3) is 0 Å². The highest BCUT2D eigenvalue weighted by molar-refractivity contribution is 7.49. The number of hydrogen-bond acceptors (Lipinski definition) is 7. The van der Waals surface area contributed by atoms with Crippen molar-refractivity contribution in [3.05, 3.63) is 46.3 Å². The first-order valence-electron chi connectivity index (χ1n) is 16.0. The molecule has 0 aromatic carbocycles. The monoisotopic (exact) mass is 614 g/mol. The molecule has 238 valence electrons. The van der Waals surface area contributed by atoms with Crippen molar-refractivity contribution >= 4 is 19.6 Å². The van der Waals surface area contributed by atoms with Crippen LogP contribution >= 0.6 is 7.82 Å². The molecular weight excluding hydrogens is 563 g/mol. The summed E-state index contributed by atoms with van der Waals surface area (Å²) in [5, 5.41) is 10.4. The summed E-state index contributed by atoms with van der Waals surface area (Å²) in [5.41, 5.74) is 2.63. The van der Waals surface area contributed by atoms with Gasteiger partial charge in [0.25, 0.3) is 0 Å². The van der Waals surface area contributed by atoms with Crippen molar-refractivity contribution in [1.82, 2.24) is 0 Å². The molecule has 0 aromatic heterocycles. The molecule has 3 saturated carbocycles. The average Bonchev–Trinajstić information content (AvgIpc) is 2.89. The number of ketones is 1. The quantitative estimate of drug-likeness (QED) is 0.298. The minimum absolute atomic E-state index is 0.0652. The van der Waals surface area contributed by atoms with Gasteiger partial charge in [-0.2, -0.15) is 0 Å². The van der Waals surface area contributed by atoms with E-state index in [9.17, 15) is 19.3 Å². The zero-order valence-electron chi connectivity index (χ0n) is 27.8. The third-order valence-electron chi connectivity index (χ3n) is 12.2. The Hall–Kier alpha value is -1.95. The number of aliphatic hydroxyl groups is 1. The lowest BCUT2D eigenvalue weighted by atomic mass is 9.34. The fourth-order valence-corrected chi connectivity index (χ4v) is 11.0. The summed E-state index contributed by atoms with van der Waals surface area (Å²) in [4.78, 5) is 26.7. The maximum Gasteiger partial charge on any atom is 0.532 e. The van der Waals surface area contributed by atoms with E-state index in [1.807, 2.05) is 13.8 Å². The summed E-state index contributed by atoms with van der Waals surface area (Å²) in [6.07, 6.45) is 11.2. The summed E-state index contributed by atoms with van der Waals surface area (Å²) >= 11 is 0. The molecular formula is C35H51O7P. The van der Waals surface area contributed by atoms with Crippen LogP contribution in [0.5, 0.6) is 0 Å². The molecule has 0 unspecified atom stereocenters. The molecule has 3 fully saturated rings. The molecule has 5 aliphatic rings. The van der Waals surface area contributed by atoms with E-state index in [0.29, 0.717) is 18.4 Å². The SMILES string of the molecule is CC1=C(O)C(=O)C=C2C1=CC=C1[C@@]2(C)CC[C@@]2(C)[C@@H]3C[C@](C)(C(=O)OP(=O)(OC(C)C)OC(C)C)CC[C@]3(C)CC[C@]12C. The maximum absolute atomic E-state index is 13.9. The van der Waals surface area contributed by atoms with E-state index in [4.69, 9.17) is 13.6 Å². The van der Waals surface area contributed by atoms with Crippen LogP contribution in [0.1, 0.15) is 114 Å². The zero-order valence-corrected chi connectivity index (χ0v) is 28.7. The van der Waals surface area contributed by atoms with Crippen molar-refractivity contribution in [3.63, 3.8) is 0 Å². The van der Waals surface area contributed by atoms with Crippen molar-refractivity contribution in [1.29, 1.82) is 0 Å². The van der Waals surface area contributed by atoms with Gasteiger partial charge in [-0.1, -0.05) is 45.4 Å². The Balaban J connectivity index is 1.51. The van der Waals surface area contributed by atoms with Crippen LogP contribution in [0.4, 0.5) is 0 Å².